The number of nitrogens with one attached hydrogen (secondary N) is 1. The summed E-state index contributed by atoms with van der Waals surface area (Å²) in [4.78, 5) is 11.5. The van der Waals surface area contributed by atoms with Crippen LogP contribution in [-0.4, -0.2) is 25.2 Å². The van der Waals surface area contributed by atoms with Gasteiger partial charge in [-0.25, -0.2) is 0 Å². The van der Waals surface area contributed by atoms with Gasteiger partial charge in [-0.1, -0.05) is 30.3 Å². The van der Waals surface area contributed by atoms with Crippen LogP contribution in [0.25, 0.3) is 0 Å². The van der Waals surface area contributed by atoms with Gasteiger partial charge in [0.2, 0.25) is 0 Å². The quantitative estimate of drug-likeness (QED) is 0.768. The van der Waals surface area contributed by atoms with E-state index in [0.29, 0.717) is 0 Å². The molecule has 1 aromatic carbocycles. The second kappa shape index (κ2) is 7.07. The van der Waals surface area contributed by atoms with Gasteiger partial charge < -0.3 is 10.1 Å². The van der Waals surface area contributed by atoms with Crippen LogP contribution in [0, 0.1) is 0 Å². The molecule has 2 atom stereocenters. The lowest BCUT2D eigenvalue weighted by Crippen LogP contribution is -2.34. The van der Waals surface area contributed by atoms with E-state index < -0.39 is 0 Å². The molecule has 1 N–H and O–H groups in total. The second-order valence-electron chi connectivity index (χ2n) is 4.28. The van der Waals surface area contributed by atoms with Gasteiger partial charge in [0, 0.05) is 0 Å². The number of benzene rings is 1. The number of hydrogen-bond donors (Lipinski definition) is 1. The predicted molar refractivity (Wildman–Crippen MR) is 68.8 cm³/mol. The van der Waals surface area contributed by atoms with Crippen molar-refractivity contribution in [3.63, 3.8) is 0 Å². The van der Waals surface area contributed by atoms with E-state index in [-0.39, 0.29) is 18.1 Å². The van der Waals surface area contributed by atoms with Crippen molar-refractivity contribution in [2.75, 3.05) is 7.05 Å². The molecule has 0 aliphatic carbocycles. The van der Waals surface area contributed by atoms with Crippen molar-refractivity contribution in [1.82, 2.24) is 5.32 Å². The smallest absolute Gasteiger partial charge is 0.323 e. The van der Waals surface area contributed by atoms with E-state index in [1.807, 2.05) is 25.1 Å². The lowest BCUT2D eigenvalue weighted by Gasteiger charge is -2.16. The Morgan fingerprint density at radius 1 is 1.29 bits per heavy atom. The summed E-state index contributed by atoms with van der Waals surface area (Å²) in [5.41, 5.74) is 1.28. The van der Waals surface area contributed by atoms with Gasteiger partial charge in [0.25, 0.3) is 0 Å². The Hall–Kier alpha value is -1.35. The van der Waals surface area contributed by atoms with Gasteiger partial charge in [0.1, 0.15) is 6.04 Å². The first-order valence-corrected chi connectivity index (χ1v) is 6.05. The highest BCUT2D eigenvalue weighted by atomic mass is 16.5. The zero-order valence-corrected chi connectivity index (χ0v) is 10.8. The summed E-state index contributed by atoms with van der Waals surface area (Å²) < 4.78 is 5.32. The van der Waals surface area contributed by atoms with Crippen LogP contribution in [0.4, 0.5) is 0 Å². The van der Waals surface area contributed by atoms with E-state index in [0.717, 1.165) is 12.8 Å². The lowest BCUT2D eigenvalue weighted by atomic mass is 10.1. The Bertz CT molecular complexity index is 337. The lowest BCUT2D eigenvalue weighted by molar-refractivity contribution is -0.150. The summed E-state index contributed by atoms with van der Waals surface area (Å²) in [6, 6.07) is 9.98. The molecule has 3 nitrogen and oxygen atoms in total. The van der Waals surface area contributed by atoms with E-state index >= 15 is 0 Å². The molecule has 0 fully saturated rings. The molecular weight excluding hydrogens is 214 g/mol. The Morgan fingerprint density at radius 2 is 1.94 bits per heavy atom. The third-order valence-electron chi connectivity index (χ3n) is 2.79. The SMILES string of the molecule is CN[C@@H](C)C(=O)OC(C)CCc1ccccc1. The van der Waals surface area contributed by atoms with Crippen LogP contribution >= 0.6 is 0 Å². The van der Waals surface area contributed by atoms with Crippen LogP contribution in [-0.2, 0) is 16.0 Å². The number of rotatable bonds is 6. The van der Waals surface area contributed by atoms with Gasteiger partial charge in [-0.15, -0.1) is 0 Å². The molecule has 0 aromatic heterocycles. The third kappa shape index (κ3) is 5.00. The minimum atomic E-state index is -0.242. The van der Waals surface area contributed by atoms with Gasteiger partial charge in [-0.2, -0.15) is 0 Å². The van der Waals surface area contributed by atoms with Crippen LogP contribution in [0.15, 0.2) is 30.3 Å². The molecule has 94 valence electrons. The monoisotopic (exact) mass is 235 g/mol. The fourth-order valence-corrected chi connectivity index (χ4v) is 1.49. The minimum absolute atomic E-state index is 0.0430. The van der Waals surface area contributed by atoms with Gasteiger partial charge in [-0.3, -0.25) is 4.79 Å². The largest absolute Gasteiger partial charge is 0.462 e. The molecule has 1 unspecified atom stereocenters. The molecule has 17 heavy (non-hydrogen) atoms. The minimum Gasteiger partial charge on any atom is -0.462 e. The molecule has 0 saturated heterocycles. The van der Waals surface area contributed by atoms with Crippen molar-refractivity contribution in [1.29, 1.82) is 0 Å². The number of carbonyl (C=O) groups excluding carboxylic acids is 1. The van der Waals surface area contributed by atoms with E-state index in [1.54, 1.807) is 14.0 Å². The molecule has 3 heteroatoms. The standard InChI is InChI=1S/C14H21NO2/c1-11(17-14(16)12(2)15-3)9-10-13-7-5-4-6-8-13/h4-8,11-12,15H,9-10H2,1-3H3/t11?,12-/m0/s1. The number of esters is 1. The summed E-state index contributed by atoms with van der Waals surface area (Å²) in [5.74, 6) is -0.187. The number of hydrogen-bond acceptors (Lipinski definition) is 3. The maximum absolute atomic E-state index is 11.5. The molecule has 0 amide bonds. The molecule has 0 spiro atoms. The first kappa shape index (κ1) is 13.7. The van der Waals surface area contributed by atoms with Crippen molar-refractivity contribution in [2.45, 2.75) is 38.8 Å². The summed E-state index contributed by atoms with van der Waals surface area (Å²) >= 11 is 0. The number of carbonyl (C=O) groups is 1. The van der Waals surface area contributed by atoms with E-state index in [4.69, 9.17) is 4.74 Å². The zero-order chi connectivity index (χ0) is 12.7. The molecule has 0 bridgehead atoms. The molecule has 0 aliphatic rings. The van der Waals surface area contributed by atoms with Crippen molar-refractivity contribution in [3.05, 3.63) is 35.9 Å². The molecule has 0 radical (unpaired) electrons. The van der Waals surface area contributed by atoms with Crippen LogP contribution in [0.3, 0.4) is 0 Å². The fraction of sp³-hybridized carbons (Fsp3) is 0.500. The maximum atomic E-state index is 11.5. The highest BCUT2D eigenvalue weighted by Gasteiger charge is 2.15. The van der Waals surface area contributed by atoms with Crippen LogP contribution in [0.2, 0.25) is 0 Å². The van der Waals surface area contributed by atoms with Crippen molar-refractivity contribution >= 4 is 5.97 Å². The fourth-order valence-electron chi connectivity index (χ4n) is 1.49. The molecule has 0 heterocycles. The predicted octanol–water partition coefficient (Wildman–Crippen LogP) is 2.16. The van der Waals surface area contributed by atoms with E-state index in [9.17, 15) is 4.79 Å². The summed E-state index contributed by atoms with van der Waals surface area (Å²) in [7, 11) is 1.75. The maximum Gasteiger partial charge on any atom is 0.323 e. The number of ether oxygens (including phenoxy) is 1. The molecule has 0 aliphatic heterocycles. The second-order valence-corrected chi connectivity index (χ2v) is 4.28. The Kier molecular flexibility index (Phi) is 5.70. The molecule has 0 saturated carbocycles. The van der Waals surface area contributed by atoms with Crippen LogP contribution < -0.4 is 5.32 Å². The Balaban J connectivity index is 2.30. The molecule has 1 rings (SSSR count). The van der Waals surface area contributed by atoms with Crippen LogP contribution in [0.1, 0.15) is 25.8 Å². The van der Waals surface area contributed by atoms with Gasteiger partial charge in [-0.05, 0) is 39.3 Å². The summed E-state index contributed by atoms with van der Waals surface area (Å²) in [6.07, 6.45) is 1.74. The normalized spacial score (nSPS) is 14.1. The Morgan fingerprint density at radius 3 is 2.53 bits per heavy atom. The summed E-state index contributed by atoms with van der Waals surface area (Å²) in [6.45, 7) is 3.73. The van der Waals surface area contributed by atoms with E-state index in [2.05, 4.69) is 17.4 Å². The summed E-state index contributed by atoms with van der Waals surface area (Å²) in [5, 5.41) is 2.87. The zero-order valence-electron chi connectivity index (χ0n) is 10.8. The Labute approximate surface area is 103 Å². The number of likely N-dealkylation sites (N-methyl/N-ethyl adjacent to an activating group) is 1. The average molecular weight is 235 g/mol. The molecular formula is C14H21NO2. The van der Waals surface area contributed by atoms with E-state index in [1.165, 1.54) is 5.56 Å². The first-order chi connectivity index (χ1) is 8.13. The third-order valence-corrected chi connectivity index (χ3v) is 2.79. The highest BCUT2D eigenvalue weighted by molar-refractivity contribution is 5.75. The van der Waals surface area contributed by atoms with Gasteiger partial charge in [0.05, 0.1) is 6.10 Å². The van der Waals surface area contributed by atoms with Crippen LogP contribution in [0.5, 0.6) is 0 Å². The average Bonchev–Trinajstić information content (AvgIpc) is 2.36. The van der Waals surface area contributed by atoms with Gasteiger partial charge >= 0.3 is 5.97 Å². The highest BCUT2D eigenvalue weighted by Crippen LogP contribution is 2.07. The number of aryl methyl sites for hydroxylation is 1. The first-order valence-electron chi connectivity index (χ1n) is 6.05. The topological polar surface area (TPSA) is 38.3 Å². The van der Waals surface area contributed by atoms with Crippen molar-refractivity contribution < 1.29 is 9.53 Å². The van der Waals surface area contributed by atoms with Crippen molar-refractivity contribution in [3.8, 4) is 0 Å². The van der Waals surface area contributed by atoms with Crippen molar-refractivity contribution in [2.24, 2.45) is 0 Å². The van der Waals surface area contributed by atoms with Gasteiger partial charge in [0.15, 0.2) is 0 Å². The molecule has 1 aromatic rings.